The third-order valence-electron chi connectivity index (χ3n) is 4.52. The summed E-state index contributed by atoms with van der Waals surface area (Å²) in [5.41, 5.74) is 1.03. The summed E-state index contributed by atoms with van der Waals surface area (Å²) in [7, 11) is 0. The molecule has 2 aromatic carbocycles. The lowest BCUT2D eigenvalue weighted by molar-refractivity contribution is -0.140. The molecule has 0 spiro atoms. The van der Waals surface area contributed by atoms with E-state index in [0.29, 0.717) is 25.3 Å². The van der Waals surface area contributed by atoms with E-state index in [-0.39, 0.29) is 11.8 Å². The summed E-state index contributed by atoms with van der Waals surface area (Å²) >= 11 is 1.66. The lowest BCUT2D eigenvalue weighted by atomic mass is 10.1. The second-order valence-corrected chi connectivity index (χ2v) is 7.91. The SMILES string of the molecule is CCCCNC(=O)[C@@H](C)N(Cc1ccccc1)C(=O)CCSc1ccccc1. The predicted molar refractivity (Wildman–Crippen MR) is 116 cm³/mol. The van der Waals surface area contributed by atoms with E-state index in [4.69, 9.17) is 0 Å². The van der Waals surface area contributed by atoms with E-state index in [0.717, 1.165) is 23.3 Å². The van der Waals surface area contributed by atoms with Crippen LogP contribution in [0, 0.1) is 0 Å². The Hall–Kier alpha value is -2.27. The molecular formula is C23H30N2O2S. The molecule has 0 aromatic heterocycles. The summed E-state index contributed by atoms with van der Waals surface area (Å²) in [5.74, 6) is 0.608. The second-order valence-electron chi connectivity index (χ2n) is 6.74. The van der Waals surface area contributed by atoms with Crippen molar-refractivity contribution in [1.29, 1.82) is 0 Å². The van der Waals surface area contributed by atoms with E-state index >= 15 is 0 Å². The molecule has 2 amide bonds. The van der Waals surface area contributed by atoms with Crippen molar-refractivity contribution >= 4 is 23.6 Å². The highest BCUT2D eigenvalue weighted by Crippen LogP contribution is 2.19. The van der Waals surface area contributed by atoms with Crippen LogP contribution >= 0.6 is 11.8 Å². The number of carbonyl (C=O) groups is 2. The van der Waals surface area contributed by atoms with Crippen molar-refractivity contribution in [3.8, 4) is 0 Å². The zero-order valence-electron chi connectivity index (χ0n) is 16.8. The van der Waals surface area contributed by atoms with Crippen molar-refractivity contribution < 1.29 is 9.59 Å². The number of rotatable bonds is 11. The van der Waals surface area contributed by atoms with Gasteiger partial charge < -0.3 is 10.2 Å². The van der Waals surface area contributed by atoms with Crippen LogP contribution in [0.3, 0.4) is 0 Å². The number of thioether (sulfide) groups is 1. The zero-order chi connectivity index (χ0) is 20.2. The highest BCUT2D eigenvalue weighted by Gasteiger charge is 2.25. The number of nitrogens with one attached hydrogen (secondary N) is 1. The van der Waals surface area contributed by atoms with Crippen LogP contribution in [0.1, 0.15) is 38.7 Å². The Morgan fingerprint density at radius 2 is 1.68 bits per heavy atom. The van der Waals surface area contributed by atoms with Crippen molar-refractivity contribution in [3.63, 3.8) is 0 Å². The molecule has 0 aliphatic heterocycles. The molecule has 0 saturated heterocycles. The Bertz CT molecular complexity index is 722. The molecule has 0 radical (unpaired) electrons. The van der Waals surface area contributed by atoms with Crippen LogP contribution in [0.2, 0.25) is 0 Å². The number of benzene rings is 2. The van der Waals surface area contributed by atoms with Crippen LogP contribution < -0.4 is 5.32 Å². The number of unbranched alkanes of at least 4 members (excludes halogenated alkanes) is 1. The van der Waals surface area contributed by atoms with Crippen molar-refractivity contribution in [2.75, 3.05) is 12.3 Å². The molecule has 0 aliphatic carbocycles. The van der Waals surface area contributed by atoms with Gasteiger partial charge in [0.15, 0.2) is 0 Å². The number of nitrogens with zero attached hydrogens (tertiary/aromatic N) is 1. The van der Waals surface area contributed by atoms with Crippen LogP contribution in [0.4, 0.5) is 0 Å². The molecule has 0 unspecified atom stereocenters. The van der Waals surface area contributed by atoms with Gasteiger partial charge in [-0.25, -0.2) is 0 Å². The first-order valence-electron chi connectivity index (χ1n) is 9.90. The molecule has 0 heterocycles. The first-order valence-corrected chi connectivity index (χ1v) is 10.9. The lowest BCUT2D eigenvalue weighted by Crippen LogP contribution is -2.47. The minimum absolute atomic E-state index is 0.00502. The van der Waals surface area contributed by atoms with E-state index in [1.54, 1.807) is 16.7 Å². The minimum atomic E-state index is -0.494. The Morgan fingerprint density at radius 3 is 2.32 bits per heavy atom. The summed E-state index contributed by atoms with van der Waals surface area (Å²) in [6, 6.07) is 19.4. The molecular weight excluding hydrogens is 368 g/mol. The minimum Gasteiger partial charge on any atom is -0.354 e. The van der Waals surface area contributed by atoms with Gasteiger partial charge in [-0.3, -0.25) is 9.59 Å². The molecule has 5 heteroatoms. The molecule has 1 N–H and O–H groups in total. The molecule has 2 rings (SSSR count). The van der Waals surface area contributed by atoms with Crippen molar-refractivity contribution in [3.05, 3.63) is 66.2 Å². The average Bonchev–Trinajstić information content (AvgIpc) is 2.73. The standard InChI is InChI=1S/C23H30N2O2S/c1-3-4-16-24-23(27)19(2)25(18-20-11-7-5-8-12-20)22(26)15-17-28-21-13-9-6-10-14-21/h5-14,19H,3-4,15-18H2,1-2H3,(H,24,27)/t19-/m1/s1. The zero-order valence-corrected chi connectivity index (χ0v) is 17.6. The summed E-state index contributed by atoms with van der Waals surface area (Å²) < 4.78 is 0. The van der Waals surface area contributed by atoms with Gasteiger partial charge in [-0.15, -0.1) is 11.8 Å². The topological polar surface area (TPSA) is 49.4 Å². The van der Waals surface area contributed by atoms with Crippen LogP contribution in [0.5, 0.6) is 0 Å². The normalized spacial score (nSPS) is 11.6. The molecule has 150 valence electrons. The first kappa shape index (κ1) is 22.0. The third kappa shape index (κ3) is 7.39. The van der Waals surface area contributed by atoms with E-state index < -0.39 is 6.04 Å². The van der Waals surface area contributed by atoms with Crippen molar-refractivity contribution in [1.82, 2.24) is 10.2 Å². The van der Waals surface area contributed by atoms with Gasteiger partial charge >= 0.3 is 0 Å². The number of carbonyl (C=O) groups excluding carboxylic acids is 2. The van der Waals surface area contributed by atoms with Crippen molar-refractivity contribution in [2.24, 2.45) is 0 Å². The molecule has 0 bridgehead atoms. The Morgan fingerprint density at radius 1 is 1.04 bits per heavy atom. The van der Waals surface area contributed by atoms with Crippen molar-refractivity contribution in [2.45, 2.75) is 50.6 Å². The van der Waals surface area contributed by atoms with E-state index in [1.807, 2.05) is 67.6 Å². The quantitative estimate of drug-likeness (QED) is 0.448. The Labute approximate surface area is 172 Å². The second kappa shape index (κ2) is 12.2. The maximum absolute atomic E-state index is 12.9. The van der Waals surface area contributed by atoms with Gasteiger partial charge in [0, 0.05) is 30.2 Å². The maximum atomic E-state index is 12.9. The van der Waals surface area contributed by atoms with E-state index in [1.165, 1.54) is 0 Å². The summed E-state index contributed by atoms with van der Waals surface area (Å²) in [6.07, 6.45) is 2.37. The van der Waals surface area contributed by atoms with Gasteiger partial charge in [0.05, 0.1) is 0 Å². The van der Waals surface area contributed by atoms with Gasteiger partial charge in [0.2, 0.25) is 11.8 Å². The third-order valence-corrected chi connectivity index (χ3v) is 5.53. The van der Waals surface area contributed by atoms with Gasteiger partial charge in [-0.2, -0.15) is 0 Å². The van der Waals surface area contributed by atoms with Crippen LogP contribution in [-0.2, 0) is 16.1 Å². The average molecular weight is 399 g/mol. The molecule has 4 nitrogen and oxygen atoms in total. The predicted octanol–water partition coefficient (Wildman–Crippen LogP) is 4.50. The van der Waals surface area contributed by atoms with Gasteiger partial charge in [-0.05, 0) is 31.0 Å². The number of hydrogen-bond donors (Lipinski definition) is 1. The summed E-state index contributed by atoms with van der Waals surface area (Å²) in [5, 5.41) is 2.95. The highest BCUT2D eigenvalue weighted by atomic mass is 32.2. The largest absolute Gasteiger partial charge is 0.354 e. The fraction of sp³-hybridized carbons (Fsp3) is 0.391. The number of amides is 2. The fourth-order valence-corrected chi connectivity index (χ4v) is 3.68. The highest BCUT2D eigenvalue weighted by molar-refractivity contribution is 7.99. The summed E-state index contributed by atoms with van der Waals surface area (Å²) in [6.45, 7) is 4.99. The number of hydrogen-bond acceptors (Lipinski definition) is 3. The molecule has 2 aromatic rings. The lowest BCUT2D eigenvalue weighted by Gasteiger charge is -2.29. The molecule has 1 atom stereocenters. The fourth-order valence-electron chi connectivity index (χ4n) is 2.82. The monoisotopic (exact) mass is 398 g/mol. The summed E-state index contributed by atoms with van der Waals surface area (Å²) in [4.78, 5) is 28.3. The van der Waals surface area contributed by atoms with Gasteiger partial charge in [-0.1, -0.05) is 61.9 Å². The smallest absolute Gasteiger partial charge is 0.242 e. The first-order chi connectivity index (χ1) is 13.6. The maximum Gasteiger partial charge on any atom is 0.242 e. The molecule has 28 heavy (non-hydrogen) atoms. The van der Waals surface area contributed by atoms with Crippen LogP contribution in [-0.4, -0.2) is 35.1 Å². The van der Waals surface area contributed by atoms with E-state index in [9.17, 15) is 9.59 Å². The molecule has 0 saturated carbocycles. The van der Waals surface area contributed by atoms with E-state index in [2.05, 4.69) is 12.2 Å². The Balaban J connectivity index is 1.99. The van der Waals surface area contributed by atoms with Crippen LogP contribution in [0.25, 0.3) is 0 Å². The van der Waals surface area contributed by atoms with Gasteiger partial charge in [0.1, 0.15) is 6.04 Å². The molecule has 0 aliphatic rings. The Kier molecular flexibility index (Phi) is 9.63. The van der Waals surface area contributed by atoms with Crippen LogP contribution in [0.15, 0.2) is 65.6 Å². The molecule has 0 fully saturated rings. The van der Waals surface area contributed by atoms with Gasteiger partial charge in [0.25, 0.3) is 0 Å².